The van der Waals surface area contributed by atoms with Crippen LogP contribution in [0.15, 0.2) is 10.5 Å². The van der Waals surface area contributed by atoms with Crippen LogP contribution in [0.25, 0.3) is 0 Å². The van der Waals surface area contributed by atoms with E-state index in [9.17, 15) is 4.79 Å². The van der Waals surface area contributed by atoms with Crippen molar-refractivity contribution < 1.29 is 4.79 Å². The Labute approximate surface area is 67.9 Å². The van der Waals surface area contributed by atoms with Gasteiger partial charge in [0, 0.05) is 6.92 Å². The van der Waals surface area contributed by atoms with Crippen molar-refractivity contribution in [3.8, 4) is 0 Å². The normalized spacial score (nSPS) is 9.40. The number of anilines is 1. The molecule has 0 atom stereocenters. The molecule has 0 saturated heterocycles. The van der Waals surface area contributed by atoms with E-state index >= 15 is 0 Å². The molecule has 0 radical (unpaired) electrons. The Balaban J connectivity index is 2.67. The molecule has 1 amide bonds. The number of thiazole rings is 1. The first-order valence-corrected chi connectivity index (χ1v) is 3.87. The molecule has 0 fully saturated rings. The van der Waals surface area contributed by atoms with Crippen molar-refractivity contribution >= 4 is 34.9 Å². The highest BCUT2D eigenvalue weighted by atomic mass is 32.2. The van der Waals surface area contributed by atoms with Crippen LogP contribution in [-0.4, -0.2) is 10.9 Å². The van der Waals surface area contributed by atoms with Crippen LogP contribution in [0.1, 0.15) is 6.92 Å². The molecule has 0 aliphatic rings. The molecule has 3 nitrogen and oxygen atoms in total. The van der Waals surface area contributed by atoms with Gasteiger partial charge < -0.3 is 5.32 Å². The molecule has 0 spiro atoms. The highest BCUT2D eigenvalue weighted by Crippen LogP contribution is 2.20. The van der Waals surface area contributed by atoms with Crippen molar-refractivity contribution in [3.05, 3.63) is 6.20 Å². The Morgan fingerprint density at radius 2 is 2.60 bits per heavy atom. The summed E-state index contributed by atoms with van der Waals surface area (Å²) in [5, 5.41) is 3.33. The predicted octanol–water partition coefficient (Wildman–Crippen LogP) is 1.39. The Bertz CT molecular complexity index is 246. The van der Waals surface area contributed by atoms with Crippen LogP contribution in [0.2, 0.25) is 0 Å². The Morgan fingerprint density at radius 1 is 1.90 bits per heavy atom. The van der Waals surface area contributed by atoms with Crippen molar-refractivity contribution in [2.24, 2.45) is 0 Å². The fourth-order valence-corrected chi connectivity index (χ4v) is 1.45. The molecule has 1 rings (SSSR count). The molecule has 10 heavy (non-hydrogen) atoms. The molecule has 1 N–H and O–H groups in total. The minimum absolute atomic E-state index is 0.0861. The van der Waals surface area contributed by atoms with Crippen molar-refractivity contribution in [1.29, 1.82) is 0 Å². The number of hydrogen-bond acceptors (Lipinski definition) is 4. The summed E-state index contributed by atoms with van der Waals surface area (Å²) >= 11 is 5.32. The summed E-state index contributed by atoms with van der Waals surface area (Å²) in [5.74, 6) is -0.0861. The predicted molar refractivity (Wildman–Crippen MR) is 43.7 cm³/mol. The second-order valence-corrected chi connectivity index (χ2v) is 3.45. The van der Waals surface area contributed by atoms with Crippen LogP contribution >= 0.6 is 24.0 Å². The highest BCUT2D eigenvalue weighted by Gasteiger charge is 1.98. The van der Waals surface area contributed by atoms with E-state index in [1.54, 1.807) is 6.20 Å². The second kappa shape index (κ2) is 3.03. The van der Waals surface area contributed by atoms with Gasteiger partial charge in [0.2, 0.25) is 5.91 Å². The van der Waals surface area contributed by atoms with Gasteiger partial charge in [-0.3, -0.25) is 4.79 Å². The van der Waals surface area contributed by atoms with Crippen molar-refractivity contribution in [1.82, 2.24) is 4.98 Å². The quantitative estimate of drug-likeness (QED) is 0.632. The van der Waals surface area contributed by atoms with Gasteiger partial charge in [0.1, 0.15) is 9.34 Å². The zero-order valence-electron chi connectivity index (χ0n) is 5.29. The average Bonchev–Trinajstić information content (AvgIpc) is 2.13. The summed E-state index contributed by atoms with van der Waals surface area (Å²) in [6.45, 7) is 1.46. The summed E-state index contributed by atoms with van der Waals surface area (Å²) < 4.78 is 0.656. The molecule has 1 aromatic rings. The third-order valence-corrected chi connectivity index (χ3v) is 1.90. The van der Waals surface area contributed by atoms with E-state index in [1.807, 2.05) is 0 Å². The number of thiol groups is 1. The van der Waals surface area contributed by atoms with Gasteiger partial charge in [0.05, 0.1) is 6.20 Å². The molecule has 0 aliphatic heterocycles. The number of rotatable bonds is 1. The number of nitrogens with zero attached hydrogens (tertiary/aromatic N) is 1. The Hall–Kier alpha value is -0.550. The topological polar surface area (TPSA) is 42.0 Å². The van der Waals surface area contributed by atoms with Gasteiger partial charge in [0.15, 0.2) is 0 Å². The van der Waals surface area contributed by atoms with Gasteiger partial charge in [0.25, 0.3) is 0 Å². The number of carbonyl (C=O) groups is 1. The van der Waals surface area contributed by atoms with Crippen LogP contribution in [0.4, 0.5) is 5.00 Å². The zero-order valence-corrected chi connectivity index (χ0v) is 7.00. The van der Waals surface area contributed by atoms with E-state index in [4.69, 9.17) is 0 Å². The highest BCUT2D eigenvalue weighted by molar-refractivity contribution is 7.82. The molecule has 0 saturated carbocycles. The average molecular weight is 174 g/mol. The van der Waals surface area contributed by atoms with Crippen LogP contribution in [0, 0.1) is 0 Å². The third kappa shape index (κ3) is 2.00. The second-order valence-electron chi connectivity index (χ2n) is 1.69. The summed E-state index contributed by atoms with van der Waals surface area (Å²) in [6, 6.07) is 0. The number of hydrogen-bond donors (Lipinski definition) is 2. The Kier molecular flexibility index (Phi) is 2.29. The summed E-state index contributed by atoms with van der Waals surface area (Å²) in [7, 11) is 0. The molecule has 0 aliphatic carbocycles. The van der Waals surface area contributed by atoms with Crippen LogP contribution in [-0.2, 0) is 4.79 Å². The molecular weight excluding hydrogens is 168 g/mol. The largest absolute Gasteiger partial charge is 0.317 e. The van der Waals surface area contributed by atoms with Crippen LogP contribution < -0.4 is 5.32 Å². The van der Waals surface area contributed by atoms with E-state index in [2.05, 4.69) is 22.9 Å². The first-order valence-electron chi connectivity index (χ1n) is 2.61. The first-order chi connectivity index (χ1) is 4.68. The van der Waals surface area contributed by atoms with E-state index in [-0.39, 0.29) is 5.91 Å². The van der Waals surface area contributed by atoms with E-state index in [0.717, 1.165) is 5.00 Å². The summed E-state index contributed by atoms with van der Waals surface area (Å²) in [6.07, 6.45) is 1.58. The van der Waals surface area contributed by atoms with E-state index < -0.39 is 0 Å². The number of aromatic nitrogens is 1. The SMILES string of the molecule is CC(=O)Nc1cnc(S)s1. The molecule has 0 bridgehead atoms. The van der Waals surface area contributed by atoms with E-state index in [0.29, 0.717) is 4.34 Å². The minimum Gasteiger partial charge on any atom is -0.317 e. The van der Waals surface area contributed by atoms with Crippen molar-refractivity contribution in [3.63, 3.8) is 0 Å². The van der Waals surface area contributed by atoms with Crippen LogP contribution in [0.3, 0.4) is 0 Å². The maximum absolute atomic E-state index is 10.5. The van der Waals surface area contributed by atoms with Crippen LogP contribution in [0.5, 0.6) is 0 Å². The lowest BCUT2D eigenvalue weighted by molar-refractivity contribution is -0.114. The lowest BCUT2D eigenvalue weighted by Gasteiger charge is -1.91. The maximum atomic E-state index is 10.5. The fraction of sp³-hybridized carbons (Fsp3) is 0.200. The molecule has 1 heterocycles. The molecule has 54 valence electrons. The number of amides is 1. The third-order valence-electron chi connectivity index (χ3n) is 0.793. The molecule has 0 unspecified atom stereocenters. The number of carbonyl (C=O) groups excluding carboxylic acids is 1. The molecule has 0 aromatic carbocycles. The van der Waals surface area contributed by atoms with Gasteiger partial charge in [-0.1, -0.05) is 11.3 Å². The van der Waals surface area contributed by atoms with Gasteiger partial charge in [-0.2, -0.15) is 0 Å². The van der Waals surface area contributed by atoms with Gasteiger partial charge >= 0.3 is 0 Å². The van der Waals surface area contributed by atoms with Crippen molar-refractivity contribution in [2.45, 2.75) is 11.3 Å². The zero-order chi connectivity index (χ0) is 7.56. The van der Waals surface area contributed by atoms with Crippen molar-refractivity contribution in [2.75, 3.05) is 5.32 Å². The smallest absolute Gasteiger partial charge is 0.221 e. The van der Waals surface area contributed by atoms with Gasteiger partial charge in [-0.05, 0) is 0 Å². The molecule has 1 aromatic heterocycles. The Morgan fingerprint density at radius 3 is 3.00 bits per heavy atom. The maximum Gasteiger partial charge on any atom is 0.221 e. The summed E-state index contributed by atoms with van der Waals surface area (Å²) in [4.78, 5) is 14.3. The molecule has 5 heteroatoms. The van der Waals surface area contributed by atoms with Gasteiger partial charge in [-0.25, -0.2) is 4.98 Å². The minimum atomic E-state index is -0.0861. The van der Waals surface area contributed by atoms with Gasteiger partial charge in [-0.15, -0.1) is 12.6 Å². The summed E-state index contributed by atoms with van der Waals surface area (Å²) in [5.41, 5.74) is 0. The lowest BCUT2D eigenvalue weighted by atomic mass is 10.7. The monoisotopic (exact) mass is 174 g/mol. The number of nitrogens with one attached hydrogen (secondary N) is 1. The fourth-order valence-electron chi connectivity index (χ4n) is 0.496. The molecular formula is C5H6N2OS2. The standard InChI is InChI=1S/C5H6N2OS2/c1-3(8)7-4-2-6-5(9)10-4/h2H,1H3,(H,6,9)(H,7,8). The van der Waals surface area contributed by atoms with E-state index in [1.165, 1.54) is 18.3 Å². The first kappa shape index (κ1) is 7.56. The lowest BCUT2D eigenvalue weighted by Crippen LogP contribution is -2.03.